The topological polar surface area (TPSA) is 63.6 Å². The van der Waals surface area contributed by atoms with Crippen LogP contribution in [0.2, 0.25) is 0 Å². The van der Waals surface area contributed by atoms with E-state index in [2.05, 4.69) is 22.9 Å². The SMILES string of the molecule is Cc1cc(CC[C@H](C)[C@@H](C)C(=O)c2ccc(Br)cc2)cc(C)c1OC(C)(C)C(=O)O. The number of benzene rings is 2. The van der Waals surface area contributed by atoms with Gasteiger partial charge in [-0.25, -0.2) is 4.79 Å². The summed E-state index contributed by atoms with van der Waals surface area (Å²) in [7, 11) is 0. The molecule has 0 unspecified atom stereocenters. The molecule has 30 heavy (non-hydrogen) atoms. The second kappa shape index (κ2) is 9.78. The summed E-state index contributed by atoms with van der Waals surface area (Å²) in [4.78, 5) is 24.1. The summed E-state index contributed by atoms with van der Waals surface area (Å²) in [5.41, 5.74) is 2.47. The fourth-order valence-electron chi connectivity index (χ4n) is 3.42. The first kappa shape index (κ1) is 24.1. The van der Waals surface area contributed by atoms with Gasteiger partial charge in [-0.15, -0.1) is 0 Å². The Morgan fingerprint density at radius 2 is 1.60 bits per heavy atom. The van der Waals surface area contributed by atoms with Crippen LogP contribution in [0.3, 0.4) is 0 Å². The van der Waals surface area contributed by atoms with Crippen LogP contribution in [0, 0.1) is 25.7 Å². The van der Waals surface area contributed by atoms with E-state index in [1.807, 2.05) is 57.2 Å². The van der Waals surface area contributed by atoms with Gasteiger partial charge >= 0.3 is 5.97 Å². The predicted molar refractivity (Wildman–Crippen MR) is 123 cm³/mol. The number of aliphatic carboxylic acids is 1. The molecule has 162 valence electrons. The molecule has 0 radical (unpaired) electrons. The Morgan fingerprint density at radius 3 is 2.10 bits per heavy atom. The molecular formula is C25H31BrO4. The second-order valence-electron chi connectivity index (χ2n) is 8.65. The van der Waals surface area contributed by atoms with Gasteiger partial charge in [0.1, 0.15) is 5.75 Å². The van der Waals surface area contributed by atoms with Gasteiger partial charge in [0.05, 0.1) is 0 Å². The first-order valence-electron chi connectivity index (χ1n) is 10.2. The van der Waals surface area contributed by atoms with Gasteiger partial charge in [-0.1, -0.05) is 54.0 Å². The van der Waals surface area contributed by atoms with E-state index in [1.165, 1.54) is 5.56 Å². The molecule has 0 saturated carbocycles. The molecule has 0 aliphatic rings. The average molecular weight is 475 g/mol. The summed E-state index contributed by atoms with van der Waals surface area (Å²) in [5, 5.41) is 9.32. The molecule has 0 fully saturated rings. The van der Waals surface area contributed by atoms with Crippen molar-refractivity contribution >= 4 is 27.7 Å². The van der Waals surface area contributed by atoms with Crippen LogP contribution in [-0.4, -0.2) is 22.5 Å². The molecule has 1 N–H and O–H groups in total. The molecule has 2 aromatic rings. The van der Waals surface area contributed by atoms with E-state index in [-0.39, 0.29) is 17.6 Å². The number of carbonyl (C=O) groups excluding carboxylic acids is 1. The second-order valence-corrected chi connectivity index (χ2v) is 9.57. The normalized spacial score (nSPS) is 13.6. The van der Waals surface area contributed by atoms with Gasteiger partial charge in [-0.3, -0.25) is 4.79 Å². The van der Waals surface area contributed by atoms with Gasteiger partial charge in [-0.05, 0) is 75.3 Å². The van der Waals surface area contributed by atoms with E-state index in [1.54, 1.807) is 13.8 Å². The Hall–Kier alpha value is -2.14. The molecule has 0 bridgehead atoms. The molecule has 4 nitrogen and oxygen atoms in total. The van der Waals surface area contributed by atoms with Crippen LogP contribution in [0.4, 0.5) is 0 Å². The lowest BCUT2D eigenvalue weighted by Gasteiger charge is -2.25. The molecule has 0 heterocycles. The number of aryl methyl sites for hydroxylation is 3. The third kappa shape index (κ3) is 5.94. The lowest BCUT2D eigenvalue weighted by Crippen LogP contribution is -2.38. The number of hydrogen-bond acceptors (Lipinski definition) is 3. The Labute approximate surface area is 187 Å². The Morgan fingerprint density at radius 1 is 1.07 bits per heavy atom. The van der Waals surface area contributed by atoms with E-state index in [0.29, 0.717) is 5.75 Å². The van der Waals surface area contributed by atoms with Crippen molar-refractivity contribution in [3.05, 3.63) is 63.1 Å². The number of carbonyl (C=O) groups is 2. The van der Waals surface area contributed by atoms with Crippen LogP contribution in [0.5, 0.6) is 5.75 Å². The number of carboxylic acid groups (broad SMARTS) is 1. The largest absolute Gasteiger partial charge is 0.478 e. The van der Waals surface area contributed by atoms with Gasteiger partial charge < -0.3 is 9.84 Å². The van der Waals surface area contributed by atoms with E-state index in [9.17, 15) is 14.7 Å². The van der Waals surface area contributed by atoms with Crippen LogP contribution in [0.15, 0.2) is 40.9 Å². The van der Waals surface area contributed by atoms with Crippen molar-refractivity contribution in [3.63, 3.8) is 0 Å². The molecule has 0 aliphatic carbocycles. The van der Waals surface area contributed by atoms with Crippen LogP contribution in [-0.2, 0) is 11.2 Å². The first-order valence-corrected chi connectivity index (χ1v) is 11.0. The van der Waals surface area contributed by atoms with Gasteiger partial charge in [0.25, 0.3) is 0 Å². The molecule has 0 saturated heterocycles. The zero-order valence-corrected chi connectivity index (χ0v) is 20.2. The van der Waals surface area contributed by atoms with Crippen molar-refractivity contribution in [2.75, 3.05) is 0 Å². The minimum atomic E-state index is -1.28. The lowest BCUT2D eigenvalue weighted by molar-refractivity contribution is -0.152. The Balaban J connectivity index is 2.05. The average Bonchev–Trinajstić information content (AvgIpc) is 2.68. The summed E-state index contributed by atoms with van der Waals surface area (Å²) < 4.78 is 6.75. The van der Waals surface area contributed by atoms with Crippen molar-refractivity contribution in [2.24, 2.45) is 11.8 Å². The lowest BCUT2D eigenvalue weighted by atomic mass is 9.84. The number of ether oxygens (including phenoxy) is 1. The van der Waals surface area contributed by atoms with E-state index >= 15 is 0 Å². The zero-order chi connectivity index (χ0) is 22.6. The molecular weight excluding hydrogens is 444 g/mol. The van der Waals surface area contributed by atoms with Crippen LogP contribution in [0.25, 0.3) is 0 Å². The minimum Gasteiger partial charge on any atom is -0.478 e. The quantitative estimate of drug-likeness (QED) is 0.427. The standard InChI is InChI=1S/C25H31BrO4/c1-15(18(4)22(27)20-9-11-21(26)12-10-20)7-8-19-13-16(2)23(17(3)14-19)30-25(5,6)24(28)29/h9-15,18H,7-8H2,1-6H3,(H,28,29)/t15-,18+/m0/s1. The number of halogens is 1. The van der Waals surface area contributed by atoms with Crippen LogP contribution >= 0.6 is 15.9 Å². The van der Waals surface area contributed by atoms with Gasteiger partial charge in [0, 0.05) is 16.0 Å². The summed E-state index contributed by atoms with van der Waals surface area (Å²) in [6.07, 6.45) is 1.74. The number of carboxylic acids is 1. The number of ketones is 1. The first-order chi connectivity index (χ1) is 13.9. The van der Waals surface area contributed by atoms with E-state index in [4.69, 9.17) is 4.74 Å². The van der Waals surface area contributed by atoms with Crippen molar-refractivity contribution in [1.29, 1.82) is 0 Å². The highest BCUT2D eigenvalue weighted by atomic mass is 79.9. The highest BCUT2D eigenvalue weighted by molar-refractivity contribution is 9.10. The van der Waals surface area contributed by atoms with Gasteiger partial charge in [-0.2, -0.15) is 0 Å². The molecule has 2 aromatic carbocycles. The van der Waals surface area contributed by atoms with Crippen molar-refractivity contribution in [2.45, 2.75) is 60.0 Å². The molecule has 2 atom stereocenters. The minimum absolute atomic E-state index is 0.0626. The van der Waals surface area contributed by atoms with E-state index in [0.717, 1.165) is 34.0 Å². The molecule has 0 aromatic heterocycles. The van der Waals surface area contributed by atoms with Crippen LogP contribution < -0.4 is 4.74 Å². The fraction of sp³-hybridized carbons (Fsp3) is 0.440. The molecule has 2 rings (SSSR count). The highest BCUT2D eigenvalue weighted by Gasteiger charge is 2.30. The smallest absolute Gasteiger partial charge is 0.347 e. The Kier molecular flexibility index (Phi) is 7.87. The van der Waals surface area contributed by atoms with Gasteiger partial charge in [0.15, 0.2) is 11.4 Å². The zero-order valence-electron chi connectivity index (χ0n) is 18.6. The predicted octanol–water partition coefficient (Wildman–Crippen LogP) is 6.40. The van der Waals surface area contributed by atoms with Crippen molar-refractivity contribution in [1.82, 2.24) is 0 Å². The van der Waals surface area contributed by atoms with Crippen molar-refractivity contribution in [3.8, 4) is 5.75 Å². The fourth-order valence-corrected chi connectivity index (χ4v) is 3.69. The molecule has 0 aliphatic heterocycles. The molecule has 0 amide bonds. The summed E-state index contributed by atoms with van der Waals surface area (Å²) in [6.45, 7) is 11.1. The van der Waals surface area contributed by atoms with Crippen LogP contribution in [0.1, 0.15) is 61.2 Å². The number of rotatable bonds is 9. The monoisotopic (exact) mass is 474 g/mol. The molecule has 5 heteroatoms. The van der Waals surface area contributed by atoms with Crippen molar-refractivity contribution < 1.29 is 19.4 Å². The maximum absolute atomic E-state index is 12.8. The highest BCUT2D eigenvalue weighted by Crippen LogP contribution is 2.30. The maximum Gasteiger partial charge on any atom is 0.347 e. The summed E-state index contributed by atoms with van der Waals surface area (Å²) >= 11 is 3.40. The maximum atomic E-state index is 12.8. The third-order valence-corrected chi connectivity index (χ3v) is 6.21. The summed E-state index contributed by atoms with van der Waals surface area (Å²) in [6, 6.07) is 11.6. The number of Topliss-reactive ketones (excluding diaryl/α,β-unsaturated/α-hetero) is 1. The molecule has 0 spiro atoms. The summed E-state index contributed by atoms with van der Waals surface area (Å²) in [5.74, 6) is -0.0282. The Bertz CT molecular complexity index is 892. The number of hydrogen-bond donors (Lipinski definition) is 1. The third-order valence-electron chi connectivity index (χ3n) is 5.68. The van der Waals surface area contributed by atoms with Gasteiger partial charge in [0.2, 0.25) is 0 Å². The van der Waals surface area contributed by atoms with E-state index < -0.39 is 11.6 Å².